The van der Waals surface area contributed by atoms with Crippen LogP contribution >= 0.6 is 0 Å². The molecule has 0 spiro atoms. The molecule has 2 atom stereocenters. The molecule has 0 aliphatic carbocycles. The molecule has 0 aliphatic rings. The van der Waals surface area contributed by atoms with Crippen LogP contribution in [0, 0.1) is 11.8 Å². The van der Waals surface area contributed by atoms with Crippen molar-refractivity contribution in [1.82, 2.24) is 15.1 Å². The van der Waals surface area contributed by atoms with Crippen molar-refractivity contribution in [3.63, 3.8) is 0 Å². The third-order valence-electron chi connectivity index (χ3n) is 4.42. The molecule has 0 aliphatic heterocycles. The summed E-state index contributed by atoms with van der Waals surface area (Å²) in [4.78, 5) is 0. The van der Waals surface area contributed by atoms with Crippen LogP contribution in [0.5, 0.6) is 0 Å². The van der Waals surface area contributed by atoms with Gasteiger partial charge in [-0.3, -0.25) is 4.68 Å². The maximum absolute atomic E-state index is 4.84. The van der Waals surface area contributed by atoms with Crippen LogP contribution in [0.15, 0.2) is 24.3 Å². The monoisotopic (exact) mass is 273 g/mol. The predicted octanol–water partition coefficient (Wildman–Crippen LogP) is 3.48. The first kappa shape index (κ1) is 15.0. The molecule has 1 heterocycles. The average Bonchev–Trinajstić information content (AvgIpc) is 2.81. The second-order valence-electron chi connectivity index (χ2n) is 5.97. The van der Waals surface area contributed by atoms with Crippen molar-refractivity contribution in [3.05, 3.63) is 30.0 Å². The zero-order valence-corrected chi connectivity index (χ0v) is 13.4. The lowest BCUT2D eigenvalue weighted by Crippen LogP contribution is -2.35. The molecule has 2 unspecified atom stereocenters. The molecule has 20 heavy (non-hydrogen) atoms. The number of hydrogen-bond donors (Lipinski definition) is 1. The summed E-state index contributed by atoms with van der Waals surface area (Å²) < 4.78 is 2.12. The Hall–Kier alpha value is -1.35. The van der Waals surface area contributed by atoms with Gasteiger partial charge in [-0.15, -0.1) is 0 Å². The summed E-state index contributed by atoms with van der Waals surface area (Å²) in [5.41, 5.74) is 2.49. The minimum Gasteiger partial charge on any atom is -0.317 e. The van der Waals surface area contributed by atoms with E-state index in [9.17, 15) is 0 Å². The maximum Gasteiger partial charge on any atom is 0.0706 e. The van der Waals surface area contributed by atoms with Gasteiger partial charge in [0.05, 0.1) is 11.2 Å². The van der Waals surface area contributed by atoms with Crippen LogP contribution in [0.1, 0.15) is 33.4 Å². The van der Waals surface area contributed by atoms with Gasteiger partial charge in [-0.05, 0) is 45.2 Å². The van der Waals surface area contributed by atoms with Crippen LogP contribution in [0.4, 0.5) is 0 Å². The van der Waals surface area contributed by atoms with Crippen LogP contribution < -0.4 is 5.32 Å². The Labute approximate surface area is 122 Å². The van der Waals surface area contributed by atoms with E-state index in [2.05, 4.69) is 62.0 Å². The number of rotatable bonds is 6. The first-order valence-corrected chi connectivity index (χ1v) is 7.70. The molecule has 3 heteroatoms. The smallest absolute Gasteiger partial charge is 0.0706 e. The quantitative estimate of drug-likeness (QED) is 0.873. The van der Waals surface area contributed by atoms with Gasteiger partial charge in [-0.25, -0.2) is 0 Å². The molecular weight excluding hydrogens is 246 g/mol. The zero-order valence-electron chi connectivity index (χ0n) is 13.4. The summed E-state index contributed by atoms with van der Waals surface area (Å²) in [6, 6.07) is 9.07. The summed E-state index contributed by atoms with van der Waals surface area (Å²) in [6.07, 6.45) is 1.03. The molecule has 1 aromatic heterocycles. The highest BCUT2D eigenvalue weighted by molar-refractivity contribution is 5.81. The molecular formula is C17H27N3. The van der Waals surface area contributed by atoms with Gasteiger partial charge in [-0.2, -0.15) is 5.10 Å². The van der Waals surface area contributed by atoms with E-state index in [1.54, 1.807) is 0 Å². The first-order valence-electron chi connectivity index (χ1n) is 7.70. The Balaban J connectivity index is 2.37. The van der Waals surface area contributed by atoms with E-state index in [4.69, 9.17) is 5.10 Å². The number of para-hydroxylation sites is 1. The number of nitrogens with one attached hydrogen (secondary N) is 1. The van der Waals surface area contributed by atoms with E-state index in [0.717, 1.165) is 13.0 Å². The van der Waals surface area contributed by atoms with Gasteiger partial charge in [0.1, 0.15) is 0 Å². The lowest BCUT2D eigenvalue weighted by atomic mass is 9.85. The largest absolute Gasteiger partial charge is 0.317 e. The number of aromatic nitrogens is 2. The Morgan fingerprint density at radius 2 is 1.90 bits per heavy atom. The molecule has 0 saturated carbocycles. The van der Waals surface area contributed by atoms with E-state index >= 15 is 0 Å². The summed E-state index contributed by atoms with van der Waals surface area (Å²) in [7, 11) is 2.04. The van der Waals surface area contributed by atoms with Gasteiger partial charge in [0.2, 0.25) is 0 Å². The van der Waals surface area contributed by atoms with E-state index in [1.807, 2.05) is 7.05 Å². The molecule has 0 fully saturated rings. The fourth-order valence-corrected chi connectivity index (χ4v) is 3.02. The Morgan fingerprint density at radius 1 is 1.20 bits per heavy atom. The van der Waals surface area contributed by atoms with E-state index in [0.29, 0.717) is 17.9 Å². The van der Waals surface area contributed by atoms with Crippen LogP contribution in [0.3, 0.4) is 0 Å². The van der Waals surface area contributed by atoms with Crippen LogP contribution in [-0.4, -0.2) is 22.9 Å². The Morgan fingerprint density at radius 3 is 2.50 bits per heavy atom. The van der Waals surface area contributed by atoms with E-state index < -0.39 is 0 Å². The number of benzene rings is 1. The van der Waals surface area contributed by atoms with Gasteiger partial charge >= 0.3 is 0 Å². The molecule has 2 aromatic rings. The number of fused-ring (bicyclic) bond motifs is 1. The number of aryl methyl sites for hydroxylation is 1. The molecule has 2 rings (SSSR count). The minimum absolute atomic E-state index is 0.500. The fourth-order valence-electron chi connectivity index (χ4n) is 3.02. The topological polar surface area (TPSA) is 29.9 Å². The molecule has 1 N–H and O–H groups in total. The van der Waals surface area contributed by atoms with Crippen molar-refractivity contribution in [3.8, 4) is 0 Å². The van der Waals surface area contributed by atoms with Gasteiger partial charge in [-0.1, -0.05) is 32.0 Å². The molecule has 0 saturated heterocycles. The summed E-state index contributed by atoms with van der Waals surface area (Å²) in [6.45, 7) is 9.95. The fraction of sp³-hybridized carbons (Fsp3) is 0.588. The zero-order chi connectivity index (χ0) is 14.7. The molecule has 1 aromatic carbocycles. The predicted molar refractivity (Wildman–Crippen MR) is 86.0 cm³/mol. The molecule has 0 bridgehead atoms. The SMILES string of the molecule is CCn1nc(CC(C(C)C)C(C)NC)c2ccccc21. The Bertz CT molecular complexity index is 556. The molecule has 0 radical (unpaired) electrons. The standard InChI is InChI=1S/C17H27N3/c1-6-20-17-10-8-7-9-14(17)16(19-20)11-15(12(2)3)13(4)18-5/h7-10,12-13,15,18H,6,11H2,1-5H3. The van der Waals surface area contributed by atoms with Gasteiger partial charge < -0.3 is 5.32 Å². The molecule has 110 valence electrons. The van der Waals surface area contributed by atoms with Crippen molar-refractivity contribution in [2.45, 2.75) is 46.7 Å². The molecule has 3 nitrogen and oxygen atoms in total. The average molecular weight is 273 g/mol. The lowest BCUT2D eigenvalue weighted by Gasteiger charge is -2.26. The molecule has 0 amide bonds. The van der Waals surface area contributed by atoms with Crippen molar-refractivity contribution in [1.29, 1.82) is 0 Å². The summed E-state index contributed by atoms with van der Waals surface area (Å²) in [5.74, 6) is 1.24. The first-order chi connectivity index (χ1) is 9.58. The van der Waals surface area contributed by atoms with Crippen LogP contribution in [0.25, 0.3) is 10.9 Å². The third-order valence-corrected chi connectivity index (χ3v) is 4.42. The second-order valence-corrected chi connectivity index (χ2v) is 5.97. The highest BCUT2D eigenvalue weighted by Crippen LogP contribution is 2.25. The summed E-state index contributed by atoms with van der Waals surface area (Å²) in [5, 5.41) is 9.55. The highest BCUT2D eigenvalue weighted by Gasteiger charge is 2.22. The van der Waals surface area contributed by atoms with E-state index in [1.165, 1.54) is 16.6 Å². The lowest BCUT2D eigenvalue weighted by molar-refractivity contribution is 0.298. The van der Waals surface area contributed by atoms with Crippen molar-refractivity contribution < 1.29 is 0 Å². The van der Waals surface area contributed by atoms with Crippen molar-refractivity contribution >= 4 is 10.9 Å². The summed E-state index contributed by atoms with van der Waals surface area (Å²) >= 11 is 0. The Kier molecular flexibility index (Phi) is 4.81. The van der Waals surface area contributed by atoms with Gasteiger partial charge in [0.15, 0.2) is 0 Å². The van der Waals surface area contributed by atoms with E-state index in [-0.39, 0.29) is 0 Å². The van der Waals surface area contributed by atoms with Crippen molar-refractivity contribution in [2.24, 2.45) is 11.8 Å². The van der Waals surface area contributed by atoms with Crippen LogP contribution in [0.2, 0.25) is 0 Å². The highest BCUT2D eigenvalue weighted by atomic mass is 15.3. The van der Waals surface area contributed by atoms with Crippen molar-refractivity contribution in [2.75, 3.05) is 7.05 Å². The maximum atomic E-state index is 4.84. The third kappa shape index (κ3) is 2.88. The van der Waals surface area contributed by atoms with Crippen LogP contribution in [-0.2, 0) is 13.0 Å². The number of hydrogen-bond acceptors (Lipinski definition) is 2. The second kappa shape index (κ2) is 6.40. The normalized spacial score (nSPS) is 14.9. The van der Waals surface area contributed by atoms with Gasteiger partial charge in [0.25, 0.3) is 0 Å². The number of nitrogens with zero attached hydrogens (tertiary/aromatic N) is 2. The minimum atomic E-state index is 0.500. The van der Waals surface area contributed by atoms with Gasteiger partial charge in [0, 0.05) is 18.0 Å².